The fraction of sp³-hybridized carbons (Fsp3) is 0.651. The van der Waals surface area contributed by atoms with Gasteiger partial charge in [0.1, 0.15) is 88.7 Å². The molecule has 1 amide bonds. The summed E-state index contributed by atoms with van der Waals surface area (Å²) in [6.07, 6.45) is 0.139. The number of carbonyl (C=O) groups excluding carboxylic acids is 3. The molecule has 0 aliphatic heterocycles. The second kappa shape index (κ2) is 184. The summed E-state index contributed by atoms with van der Waals surface area (Å²) >= 11 is 0. The lowest BCUT2D eigenvalue weighted by molar-refractivity contribution is -0.427. The van der Waals surface area contributed by atoms with E-state index in [0.717, 1.165) is 32.5 Å². The molecule has 0 aromatic heterocycles. The van der Waals surface area contributed by atoms with Crippen LogP contribution in [0.25, 0.3) is 0 Å². The van der Waals surface area contributed by atoms with Crippen molar-refractivity contribution in [2.75, 3.05) is 226 Å². The lowest BCUT2D eigenvalue weighted by atomic mass is 10.0. The van der Waals surface area contributed by atoms with Crippen LogP contribution >= 0.6 is 0 Å². The number of hydrogen-bond donors (Lipinski definition) is 1. The Morgan fingerprint density at radius 2 is 0.587 bits per heavy atom. The number of ketones is 1. The third-order valence-electron chi connectivity index (χ3n) is 10.5. The molecule has 9 unspecified atom stereocenters. The van der Waals surface area contributed by atoms with Crippen molar-refractivity contribution in [2.45, 2.75) is 129 Å². The van der Waals surface area contributed by atoms with E-state index in [4.69, 9.17) is 106 Å². The van der Waals surface area contributed by atoms with Gasteiger partial charge in [-0.2, -0.15) is 4.89 Å². The molecule has 1 N–H and O–H groups in total. The van der Waals surface area contributed by atoms with Crippen molar-refractivity contribution in [2.24, 2.45) is 5.92 Å². The van der Waals surface area contributed by atoms with Crippen LogP contribution in [0.1, 0.15) is 80.1 Å². The van der Waals surface area contributed by atoms with Gasteiger partial charge in [-0.1, -0.05) is 34.6 Å². The van der Waals surface area contributed by atoms with Crippen LogP contribution < -0.4 is 5.32 Å². The highest BCUT2D eigenvalue weighted by Crippen LogP contribution is 2.17. The molecule has 0 aromatic rings. The first kappa shape index (κ1) is 162. The van der Waals surface area contributed by atoms with Crippen molar-refractivity contribution in [3.63, 3.8) is 0 Å². The number of Topliss-reactive ketones (excluding diaryl/α,β-unsaturated/α-hetero) is 1. The fourth-order valence-electron chi connectivity index (χ4n) is 5.86. The average molecular weight is 1780 g/mol. The monoisotopic (exact) mass is 1780 g/mol. The largest absolute Gasteiger partial charge is 0.447 e. The summed E-state index contributed by atoms with van der Waals surface area (Å²) in [4.78, 5) is 158. The van der Waals surface area contributed by atoms with E-state index in [1.165, 1.54) is 92.2 Å². The molecule has 0 rings (SSSR count). The van der Waals surface area contributed by atoms with Gasteiger partial charge in [-0.25, -0.2) is 127 Å². The SMILES string of the molecule is C=C.C=C.C=C.C=C.C=C.C=C.C=C.C=C.C=C.C=C.C=C.C=C.C=C.CCC(COCCOC)OOC.CCC(COOCC(COOC)OOC)OOCC(COOC)OOC.CCC(OOC)C(OOC)C(COOC)OOC.CCCOC.CCCOCC(COCCOC)OOC.COCCOC(=O)NCC(CC(=O)OOC)C(C)=O. The predicted molar refractivity (Wildman–Crippen MR) is 474 cm³/mol. The van der Waals surface area contributed by atoms with Crippen LogP contribution in [0.4, 0.5) is 4.79 Å². The highest BCUT2D eigenvalue weighted by Gasteiger charge is 2.35. The second-order valence-electron chi connectivity index (χ2n) is 17.9. The number of alkyl carbamates (subject to hydrolysis) is 1. The quantitative estimate of drug-likeness (QED) is 0.0256. The van der Waals surface area contributed by atoms with Crippen LogP contribution in [-0.4, -0.2) is 292 Å². The third-order valence-corrected chi connectivity index (χ3v) is 10.5. The summed E-state index contributed by atoms with van der Waals surface area (Å²) < 4.78 is 39.7. The molecule has 0 saturated heterocycles. The first-order chi connectivity index (χ1) is 59.1. The van der Waals surface area contributed by atoms with Gasteiger partial charge < -0.3 is 43.2 Å². The lowest BCUT2D eigenvalue weighted by Crippen LogP contribution is -2.44. The zero-order chi connectivity index (χ0) is 98.6. The van der Waals surface area contributed by atoms with E-state index in [1.807, 2.05) is 20.8 Å². The van der Waals surface area contributed by atoms with Crippen LogP contribution in [0.2, 0.25) is 0 Å². The first-order valence-electron chi connectivity index (χ1n) is 36.8. The van der Waals surface area contributed by atoms with Crippen molar-refractivity contribution < 1.29 is 179 Å². The van der Waals surface area contributed by atoms with Gasteiger partial charge in [0.25, 0.3) is 0 Å². The number of ether oxygens (including phenoxy) is 8. The summed E-state index contributed by atoms with van der Waals surface area (Å²) in [7, 11) is 21.7. The molecule has 0 aliphatic carbocycles. The van der Waals surface area contributed by atoms with Gasteiger partial charge in [0.2, 0.25) is 0 Å². The van der Waals surface area contributed by atoms with E-state index in [9.17, 15) is 14.4 Å². The number of carbonyl (C=O) groups is 3. The zero-order valence-corrected chi connectivity index (χ0v) is 78.7. The Balaban J connectivity index is -0.0000000589. The maximum atomic E-state index is 11.3. The molecule has 121 heavy (non-hydrogen) atoms. The maximum absolute atomic E-state index is 11.3. The molecule has 0 radical (unpaired) electrons. The molecule has 38 nitrogen and oxygen atoms in total. The van der Waals surface area contributed by atoms with Crippen molar-refractivity contribution in [1.82, 2.24) is 5.32 Å². The first-order valence-corrected chi connectivity index (χ1v) is 36.8. The Morgan fingerprint density at radius 3 is 0.909 bits per heavy atom. The van der Waals surface area contributed by atoms with Gasteiger partial charge >= 0.3 is 12.1 Å². The molecule has 0 fully saturated rings. The Labute approximate surface area is 731 Å². The lowest BCUT2D eigenvalue weighted by Gasteiger charge is -2.28. The Hall–Kier alpha value is -6.25. The van der Waals surface area contributed by atoms with E-state index < -0.39 is 48.5 Å². The molecule has 0 spiro atoms. The molecule has 38 heteroatoms. The van der Waals surface area contributed by atoms with Gasteiger partial charge in [0.15, 0.2) is 12.2 Å². The molecular weight excluding hydrogens is 1600 g/mol. The van der Waals surface area contributed by atoms with Gasteiger partial charge in [0.05, 0.1) is 137 Å². The highest BCUT2D eigenvalue weighted by atomic mass is 17.3. The Bertz CT molecular complexity index is 1660. The Morgan fingerprint density at radius 1 is 0.281 bits per heavy atom. The predicted octanol–water partition coefficient (Wildman–Crippen LogP) is 15.1. The summed E-state index contributed by atoms with van der Waals surface area (Å²) in [5.41, 5.74) is 0. The van der Waals surface area contributed by atoms with E-state index in [2.05, 4.69) is 249 Å². The summed E-state index contributed by atoms with van der Waals surface area (Å²) in [6.45, 7) is 95.6. The molecule has 0 aliphatic rings. The minimum absolute atomic E-state index is 0.0139. The molecule has 0 bridgehead atoms. The van der Waals surface area contributed by atoms with Crippen LogP contribution in [0.3, 0.4) is 0 Å². The van der Waals surface area contributed by atoms with Gasteiger partial charge in [-0.15, -0.1) is 171 Å². The standard InChI is InChI=1S/C14H30O12.C11H19NO7.C10H22O8.C10H22O5.C8H18O4.C4H10O.13C2H4/c1-6-12(26-23-11-14(25-18-5)9-20-16-3)7-21-22-10-13(24-17-4)8-19-15-2;1-8(13)9(6-10(14)19-17-3)7-12-11(15)18-5-4-16-2;1-6-8(16-12-3)10(18-14-5)9(17-13-4)7-15-11-2;1-4-5-13-8-10(15-12-3)9-14-7-6-11-2;1-4-8(12-10-3)7-11-6-5-9-2;1-3-4-5-2;13*1-2/h12-14H,6-11H2,1-5H3;9H,4-7H2,1-3H3,(H,12,15);8-10H,6-7H2,1-5H3;10H,4-9H2,1-3H3;8H,4-7H2,1-3H3;3-4H2,1-2H3;13*1-2H2. The van der Waals surface area contributed by atoms with Crippen LogP contribution in [-0.2, 0) is 175 Å². The van der Waals surface area contributed by atoms with Crippen LogP contribution in [0, 0.1) is 5.92 Å². The topological polar surface area (TPSA) is 377 Å². The molecule has 0 heterocycles. The molecule has 732 valence electrons. The molecule has 0 aromatic carbocycles. The summed E-state index contributed by atoms with van der Waals surface area (Å²) in [5, 5.41) is 2.38. The smallest absolute Gasteiger partial charge is 0.407 e. The van der Waals surface area contributed by atoms with Crippen molar-refractivity contribution >= 4 is 17.8 Å². The van der Waals surface area contributed by atoms with Crippen molar-refractivity contribution in [1.29, 1.82) is 0 Å². The van der Waals surface area contributed by atoms with E-state index >= 15 is 0 Å². The Kier molecular flexibility index (Phi) is 246. The number of rotatable bonds is 62. The normalized spacial score (nSPS) is 11.2. The molecule has 0 saturated carbocycles. The third kappa shape index (κ3) is 162. The summed E-state index contributed by atoms with van der Waals surface area (Å²) in [5.74, 6) is -1.61. The number of methoxy groups -OCH3 is 4. The number of nitrogens with one attached hydrogen (secondary N) is 1. The molecule has 9 atom stereocenters. The molecular formula is C83H173NO37. The van der Waals surface area contributed by atoms with Gasteiger partial charge in [-0.3, -0.25) is 9.68 Å². The van der Waals surface area contributed by atoms with E-state index in [1.54, 1.807) is 21.3 Å². The minimum Gasteiger partial charge on any atom is -0.447 e. The van der Waals surface area contributed by atoms with Crippen LogP contribution in [0.15, 0.2) is 171 Å². The number of hydrogen-bond acceptors (Lipinski definition) is 37. The minimum atomic E-state index is -0.683. The van der Waals surface area contributed by atoms with Crippen LogP contribution in [0.5, 0.6) is 0 Å². The number of amides is 1. The second-order valence-corrected chi connectivity index (χ2v) is 17.9. The van der Waals surface area contributed by atoms with E-state index in [-0.39, 0.29) is 89.9 Å². The fourth-order valence-corrected chi connectivity index (χ4v) is 5.86. The van der Waals surface area contributed by atoms with Gasteiger partial charge in [0, 0.05) is 54.1 Å². The average Bonchev–Trinajstić information content (AvgIpc) is 0.880. The maximum Gasteiger partial charge on any atom is 0.407 e. The van der Waals surface area contributed by atoms with Crippen molar-refractivity contribution in [3.05, 3.63) is 171 Å². The highest BCUT2D eigenvalue weighted by molar-refractivity contribution is 5.84. The van der Waals surface area contributed by atoms with E-state index in [0.29, 0.717) is 59.1 Å². The van der Waals surface area contributed by atoms with Gasteiger partial charge in [-0.05, 0) is 39.0 Å². The van der Waals surface area contributed by atoms with Crippen molar-refractivity contribution in [3.8, 4) is 0 Å². The summed E-state index contributed by atoms with van der Waals surface area (Å²) in [6, 6.07) is 0. The zero-order valence-electron chi connectivity index (χ0n) is 78.7.